The Bertz CT molecular complexity index is 626. The van der Waals surface area contributed by atoms with Crippen LogP contribution in [0, 0.1) is 11.6 Å². The molecular weight excluding hydrogens is 288 g/mol. The average molecular weight is 305 g/mol. The first-order chi connectivity index (χ1) is 10.5. The number of hydrogen-bond donors (Lipinski definition) is 1. The first kappa shape index (κ1) is 15.9. The van der Waals surface area contributed by atoms with Crippen molar-refractivity contribution >= 4 is 5.91 Å². The highest BCUT2D eigenvalue weighted by molar-refractivity contribution is 5.81. The minimum Gasteiger partial charge on any atom is -0.481 e. The van der Waals surface area contributed by atoms with Gasteiger partial charge in [-0.15, -0.1) is 0 Å². The third-order valence-electron chi connectivity index (χ3n) is 3.22. The number of carbonyl (C=O) groups excluding carboxylic acids is 1. The molecule has 0 aromatic heterocycles. The lowest BCUT2D eigenvalue weighted by molar-refractivity contribution is -0.127. The standard InChI is InChI=1S/C17H17F2NO2/c1-11(13-3-5-14(18)6-4-13)20-17(21)12(2)22-16-9-7-15(19)8-10-16/h3-12H,1-2H3,(H,20,21)/t11-,12+/m0/s1. The van der Waals surface area contributed by atoms with Gasteiger partial charge >= 0.3 is 0 Å². The Labute approximate surface area is 127 Å². The molecule has 0 saturated carbocycles. The minimum absolute atomic E-state index is 0.271. The van der Waals surface area contributed by atoms with Crippen LogP contribution in [0.3, 0.4) is 0 Å². The molecule has 0 heterocycles. The summed E-state index contributed by atoms with van der Waals surface area (Å²) in [6, 6.07) is 11.1. The summed E-state index contributed by atoms with van der Waals surface area (Å²) in [5.41, 5.74) is 0.795. The zero-order valence-corrected chi connectivity index (χ0v) is 12.3. The van der Waals surface area contributed by atoms with Crippen molar-refractivity contribution in [1.82, 2.24) is 5.32 Å². The number of hydrogen-bond acceptors (Lipinski definition) is 2. The van der Waals surface area contributed by atoms with Crippen molar-refractivity contribution in [2.75, 3.05) is 0 Å². The largest absolute Gasteiger partial charge is 0.481 e. The number of benzene rings is 2. The predicted octanol–water partition coefficient (Wildman–Crippen LogP) is 3.61. The van der Waals surface area contributed by atoms with Gasteiger partial charge in [0.05, 0.1) is 6.04 Å². The summed E-state index contributed by atoms with van der Waals surface area (Å²) in [7, 11) is 0. The molecule has 0 saturated heterocycles. The van der Waals surface area contributed by atoms with Crippen molar-refractivity contribution < 1.29 is 18.3 Å². The molecule has 2 rings (SSSR count). The van der Waals surface area contributed by atoms with Crippen molar-refractivity contribution in [3.8, 4) is 5.75 Å². The number of amides is 1. The summed E-state index contributed by atoms with van der Waals surface area (Å²) in [4.78, 5) is 12.1. The second kappa shape index (κ2) is 7.02. The second-order valence-corrected chi connectivity index (χ2v) is 5.00. The smallest absolute Gasteiger partial charge is 0.261 e. The highest BCUT2D eigenvalue weighted by atomic mass is 19.1. The van der Waals surface area contributed by atoms with Gasteiger partial charge in [0, 0.05) is 0 Å². The summed E-state index contributed by atoms with van der Waals surface area (Å²) >= 11 is 0. The Hall–Kier alpha value is -2.43. The molecule has 1 amide bonds. The van der Waals surface area contributed by atoms with Gasteiger partial charge in [0.25, 0.3) is 5.91 Å². The van der Waals surface area contributed by atoms with E-state index in [9.17, 15) is 13.6 Å². The van der Waals surface area contributed by atoms with Crippen molar-refractivity contribution in [3.63, 3.8) is 0 Å². The van der Waals surface area contributed by atoms with Gasteiger partial charge < -0.3 is 10.1 Å². The molecule has 0 radical (unpaired) electrons. The molecule has 0 unspecified atom stereocenters. The number of halogens is 2. The molecule has 2 atom stereocenters. The van der Waals surface area contributed by atoms with E-state index in [1.165, 1.54) is 36.4 Å². The fourth-order valence-corrected chi connectivity index (χ4v) is 1.94. The van der Waals surface area contributed by atoms with E-state index in [2.05, 4.69) is 5.32 Å². The lowest BCUT2D eigenvalue weighted by Crippen LogP contribution is -2.37. The number of carbonyl (C=O) groups is 1. The van der Waals surface area contributed by atoms with E-state index in [1.54, 1.807) is 26.0 Å². The van der Waals surface area contributed by atoms with Crippen LogP contribution in [-0.2, 0) is 4.79 Å². The maximum Gasteiger partial charge on any atom is 0.261 e. The molecule has 116 valence electrons. The molecule has 2 aromatic rings. The van der Waals surface area contributed by atoms with Gasteiger partial charge in [-0.25, -0.2) is 8.78 Å². The van der Waals surface area contributed by atoms with E-state index < -0.39 is 6.10 Å². The van der Waals surface area contributed by atoms with E-state index in [-0.39, 0.29) is 23.6 Å². The first-order valence-corrected chi connectivity index (χ1v) is 6.94. The molecule has 0 fully saturated rings. The second-order valence-electron chi connectivity index (χ2n) is 5.00. The van der Waals surface area contributed by atoms with Crippen LogP contribution in [-0.4, -0.2) is 12.0 Å². The Morgan fingerprint density at radius 3 is 2.00 bits per heavy atom. The van der Waals surface area contributed by atoms with Crippen molar-refractivity contribution in [1.29, 1.82) is 0 Å². The Kier molecular flexibility index (Phi) is 5.09. The maximum atomic E-state index is 12.9. The van der Waals surface area contributed by atoms with Gasteiger partial charge in [-0.2, -0.15) is 0 Å². The summed E-state index contributed by atoms with van der Waals surface area (Å²) in [6.45, 7) is 3.41. The number of nitrogens with one attached hydrogen (secondary N) is 1. The van der Waals surface area contributed by atoms with Crippen molar-refractivity contribution in [3.05, 3.63) is 65.7 Å². The van der Waals surface area contributed by atoms with Crippen LogP contribution >= 0.6 is 0 Å². The van der Waals surface area contributed by atoms with E-state index >= 15 is 0 Å². The molecule has 5 heteroatoms. The van der Waals surface area contributed by atoms with Crippen molar-refractivity contribution in [2.45, 2.75) is 26.0 Å². The van der Waals surface area contributed by atoms with E-state index in [4.69, 9.17) is 4.74 Å². The molecule has 0 spiro atoms. The lowest BCUT2D eigenvalue weighted by atomic mass is 10.1. The van der Waals surface area contributed by atoms with Gasteiger partial charge in [0.2, 0.25) is 0 Å². The first-order valence-electron chi connectivity index (χ1n) is 6.94. The molecule has 0 aliphatic rings. The summed E-state index contributed by atoms with van der Waals surface area (Å²) < 4.78 is 31.1. The van der Waals surface area contributed by atoms with Crippen LogP contribution < -0.4 is 10.1 Å². The summed E-state index contributed by atoms with van der Waals surface area (Å²) in [5.74, 6) is -0.579. The molecular formula is C17H17F2NO2. The average Bonchev–Trinajstić information content (AvgIpc) is 2.50. The zero-order chi connectivity index (χ0) is 16.1. The molecule has 1 N–H and O–H groups in total. The predicted molar refractivity (Wildman–Crippen MR) is 79.4 cm³/mol. The van der Waals surface area contributed by atoms with Crippen LogP contribution in [0.4, 0.5) is 8.78 Å². The van der Waals surface area contributed by atoms with Crippen LogP contribution in [0.2, 0.25) is 0 Å². The van der Waals surface area contributed by atoms with E-state index in [0.717, 1.165) is 5.56 Å². The minimum atomic E-state index is -0.728. The van der Waals surface area contributed by atoms with Gasteiger partial charge in [-0.3, -0.25) is 4.79 Å². The fraction of sp³-hybridized carbons (Fsp3) is 0.235. The normalized spacial score (nSPS) is 13.3. The molecule has 0 aliphatic heterocycles. The Morgan fingerprint density at radius 1 is 0.955 bits per heavy atom. The van der Waals surface area contributed by atoms with Crippen molar-refractivity contribution in [2.24, 2.45) is 0 Å². The third-order valence-corrected chi connectivity index (χ3v) is 3.22. The highest BCUT2D eigenvalue weighted by Gasteiger charge is 2.17. The molecule has 3 nitrogen and oxygen atoms in total. The van der Waals surface area contributed by atoms with Gasteiger partial charge in [-0.05, 0) is 55.8 Å². The van der Waals surface area contributed by atoms with E-state index in [0.29, 0.717) is 5.75 Å². The van der Waals surface area contributed by atoms with Crippen LogP contribution in [0.15, 0.2) is 48.5 Å². The lowest BCUT2D eigenvalue weighted by Gasteiger charge is -2.19. The van der Waals surface area contributed by atoms with Gasteiger partial charge in [-0.1, -0.05) is 12.1 Å². The fourth-order valence-electron chi connectivity index (χ4n) is 1.94. The number of rotatable bonds is 5. The van der Waals surface area contributed by atoms with Gasteiger partial charge in [0.15, 0.2) is 6.10 Å². The Balaban J connectivity index is 1.93. The quantitative estimate of drug-likeness (QED) is 0.916. The topological polar surface area (TPSA) is 38.3 Å². The molecule has 22 heavy (non-hydrogen) atoms. The monoisotopic (exact) mass is 305 g/mol. The van der Waals surface area contributed by atoms with E-state index in [1.807, 2.05) is 0 Å². The zero-order valence-electron chi connectivity index (χ0n) is 12.3. The van der Waals surface area contributed by atoms with Gasteiger partial charge in [0.1, 0.15) is 17.4 Å². The van der Waals surface area contributed by atoms with Crippen LogP contribution in [0.25, 0.3) is 0 Å². The third kappa shape index (κ3) is 4.28. The van der Waals surface area contributed by atoms with Crippen LogP contribution in [0.5, 0.6) is 5.75 Å². The highest BCUT2D eigenvalue weighted by Crippen LogP contribution is 2.15. The molecule has 2 aromatic carbocycles. The summed E-state index contributed by atoms with van der Waals surface area (Å²) in [6.07, 6.45) is -0.728. The molecule has 0 aliphatic carbocycles. The number of ether oxygens (including phenoxy) is 1. The maximum absolute atomic E-state index is 12.9. The summed E-state index contributed by atoms with van der Waals surface area (Å²) in [5, 5.41) is 2.79. The molecule has 0 bridgehead atoms. The SMILES string of the molecule is C[C@H](NC(=O)[C@@H](C)Oc1ccc(F)cc1)c1ccc(F)cc1. The Morgan fingerprint density at radius 2 is 1.45 bits per heavy atom. The van der Waals surface area contributed by atoms with Crippen LogP contribution in [0.1, 0.15) is 25.5 Å².